The van der Waals surface area contributed by atoms with E-state index >= 15 is 0 Å². The fourth-order valence-corrected chi connectivity index (χ4v) is 3.26. The Kier molecular flexibility index (Phi) is 3.39. The number of nitrogens with zero attached hydrogens (tertiary/aromatic N) is 3. The van der Waals surface area contributed by atoms with Crippen LogP contribution in [0.25, 0.3) is 0 Å². The average Bonchev–Trinajstić information content (AvgIpc) is 2.92. The normalized spacial score (nSPS) is 30.8. The van der Waals surface area contributed by atoms with Crippen LogP contribution in [0.3, 0.4) is 0 Å². The zero-order valence-electron chi connectivity index (χ0n) is 11.4. The second-order valence-electron chi connectivity index (χ2n) is 6.04. The van der Waals surface area contributed by atoms with Gasteiger partial charge in [-0.1, -0.05) is 0 Å². The summed E-state index contributed by atoms with van der Waals surface area (Å²) in [6.45, 7) is 6.89. The van der Waals surface area contributed by atoms with Crippen LogP contribution in [0, 0.1) is 0 Å². The van der Waals surface area contributed by atoms with Crippen molar-refractivity contribution in [2.75, 3.05) is 6.54 Å². The molecule has 1 aromatic rings. The Labute approximate surface area is 109 Å². The van der Waals surface area contributed by atoms with Gasteiger partial charge >= 0.3 is 0 Å². The molecule has 0 bridgehead atoms. The number of imidazole rings is 1. The van der Waals surface area contributed by atoms with E-state index in [0.717, 1.165) is 18.6 Å². The summed E-state index contributed by atoms with van der Waals surface area (Å²) in [5.41, 5.74) is 0. The third kappa shape index (κ3) is 2.75. The number of hydrogen-bond acceptors (Lipinski definition) is 3. The van der Waals surface area contributed by atoms with E-state index in [2.05, 4.69) is 33.6 Å². The van der Waals surface area contributed by atoms with E-state index in [1.165, 1.54) is 25.8 Å². The lowest BCUT2D eigenvalue weighted by Gasteiger charge is -2.21. The second-order valence-corrected chi connectivity index (χ2v) is 6.04. The molecule has 4 heteroatoms. The van der Waals surface area contributed by atoms with Crippen molar-refractivity contribution in [3.05, 3.63) is 18.7 Å². The van der Waals surface area contributed by atoms with Gasteiger partial charge in [0.15, 0.2) is 0 Å². The summed E-state index contributed by atoms with van der Waals surface area (Å²) in [6, 6.07) is 2.83. The van der Waals surface area contributed by atoms with Crippen molar-refractivity contribution < 1.29 is 0 Å². The molecule has 18 heavy (non-hydrogen) atoms. The number of likely N-dealkylation sites (tertiary alicyclic amines) is 1. The molecule has 1 aliphatic carbocycles. The van der Waals surface area contributed by atoms with Crippen molar-refractivity contribution in [3.8, 4) is 0 Å². The quantitative estimate of drug-likeness (QED) is 0.857. The maximum Gasteiger partial charge on any atom is 0.0946 e. The molecule has 0 spiro atoms. The van der Waals surface area contributed by atoms with Gasteiger partial charge in [-0.3, -0.25) is 4.90 Å². The molecule has 4 nitrogen and oxygen atoms in total. The van der Waals surface area contributed by atoms with Gasteiger partial charge < -0.3 is 9.88 Å². The van der Waals surface area contributed by atoms with Gasteiger partial charge in [0, 0.05) is 49.7 Å². The second kappa shape index (κ2) is 5.02. The van der Waals surface area contributed by atoms with Crippen molar-refractivity contribution in [1.29, 1.82) is 0 Å². The maximum absolute atomic E-state index is 4.09. The Hall–Kier alpha value is -0.870. The first kappa shape index (κ1) is 12.2. The predicted molar refractivity (Wildman–Crippen MR) is 72.4 cm³/mol. The Balaban J connectivity index is 1.48. The summed E-state index contributed by atoms with van der Waals surface area (Å²) in [5.74, 6) is 0. The van der Waals surface area contributed by atoms with Crippen molar-refractivity contribution in [3.63, 3.8) is 0 Å². The molecule has 3 rings (SSSR count). The monoisotopic (exact) mass is 248 g/mol. The molecule has 1 saturated carbocycles. The lowest BCUT2D eigenvalue weighted by Crippen LogP contribution is -2.40. The van der Waals surface area contributed by atoms with E-state index < -0.39 is 0 Å². The van der Waals surface area contributed by atoms with Gasteiger partial charge in [-0.2, -0.15) is 0 Å². The van der Waals surface area contributed by atoms with Crippen molar-refractivity contribution >= 4 is 0 Å². The van der Waals surface area contributed by atoms with Gasteiger partial charge in [0.2, 0.25) is 0 Å². The highest BCUT2D eigenvalue weighted by atomic mass is 15.3. The van der Waals surface area contributed by atoms with E-state index in [4.69, 9.17) is 0 Å². The summed E-state index contributed by atoms with van der Waals surface area (Å²) in [6.07, 6.45) is 9.91. The van der Waals surface area contributed by atoms with E-state index in [0.29, 0.717) is 12.1 Å². The summed E-state index contributed by atoms with van der Waals surface area (Å²) in [4.78, 5) is 6.79. The molecule has 0 radical (unpaired) electrons. The fraction of sp³-hybridized carbons (Fsp3) is 0.786. The first-order valence-corrected chi connectivity index (χ1v) is 7.20. The molecule has 1 aromatic heterocycles. The first-order valence-electron chi connectivity index (χ1n) is 7.20. The molecule has 100 valence electrons. The molecular formula is C14H24N4. The van der Waals surface area contributed by atoms with Crippen LogP contribution in [0.5, 0.6) is 0 Å². The third-order valence-electron chi connectivity index (χ3n) is 4.20. The van der Waals surface area contributed by atoms with Crippen LogP contribution in [0.1, 0.15) is 33.1 Å². The largest absolute Gasteiger partial charge is 0.336 e. The minimum Gasteiger partial charge on any atom is -0.336 e. The number of aromatic nitrogens is 2. The standard InChI is InChI=1S/C14H24N4/c1-11(8-17-6-5-15-10-17)16-13-7-12(2)18(9-13)14-3-4-14/h5-6,10-14,16H,3-4,7-9H2,1-2H3. The Morgan fingerprint density at radius 1 is 1.44 bits per heavy atom. The Morgan fingerprint density at radius 3 is 2.94 bits per heavy atom. The van der Waals surface area contributed by atoms with Gasteiger partial charge in [-0.15, -0.1) is 0 Å². The van der Waals surface area contributed by atoms with E-state index in [1.54, 1.807) is 0 Å². The van der Waals surface area contributed by atoms with Crippen LogP contribution in [-0.2, 0) is 6.54 Å². The van der Waals surface area contributed by atoms with E-state index in [9.17, 15) is 0 Å². The summed E-state index contributed by atoms with van der Waals surface area (Å²) < 4.78 is 2.15. The van der Waals surface area contributed by atoms with Gasteiger partial charge in [0.05, 0.1) is 6.33 Å². The van der Waals surface area contributed by atoms with Crippen LogP contribution in [0.4, 0.5) is 0 Å². The molecular weight excluding hydrogens is 224 g/mol. The smallest absolute Gasteiger partial charge is 0.0946 e. The molecule has 2 heterocycles. The molecule has 0 amide bonds. The van der Waals surface area contributed by atoms with Crippen LogP contribution in [-0.4, -0.2) is 45.2 Å². The van der Waals surface area contributed by atoms with Crippen LogP contribution < -0.4 is 5.32 Å². The average molecular weight is 248 g/mol. The molecule has 2 aliphatic rings. The van der Waals surface area contributed by atoms with Gasteiger partial charge in [0.25, 0.3) is 0 Å². The fourth-order valence-electron chi connectivity index (χ4n) is 3.26. The maximum atomic E-state index is 4.09. The van der Waals surface area contributed by atoms with Crippen LogP contribution >= 0.6 is 0 Å². The summed E-state index contributed by atoms with van der Waals surface area (Å²) in [7, 11) is 0. The van der Waals surface area contributed by atoms with Gasteiger partial charge in [0.1, 0.15) is 0 Å². The van der Waals surface area contributed by atoms with Crippen LogP contribution in [0.15, 0.2) is 18.7 Å². The summed E-state index contributed by atoms with van der Waals surface area (Å²) in [5, 5.41) is 3.77. The molecule has 1 saturated heterocycles. The molecule has 2 fully saturated rings. The Bertz CT molecular complexity index is 371. The first-order chi connectivity index (χ1) is 8.72. The lowest BCUT2D eigenvalue weighted by atomic mass is 10.1. The SMILES string of the molecule is CC(Cn1ccnc1)NC1CC(C)N(C2CC2)C1. The zero-order chi connectivity index (χ0) is 12.5. The highest BCUT2D eigenvalue weighted by Crippen LogP contribution is 2.33. The Morgan fingerprint density at radius 2 is 2.28 bits per heavy atom. The van der Waals surface area contributed by atoms with Gasteiger partial charge in [-0.25, -0.2) is 4.98 Å². The lowest BCUT2D eigenvalue weighted by molar-refractivity contribution is 0.253. The molecule has 3 unspecified atom stereocenters. The van der Waals surface area contributed by atoms with E-state index in [-0.39, 0.29) is 0 Å². The number of rotatable bonds is 5. The minimum atomic E-state index is 0.510. The van der Waals surface area contributed by atoms with Gasteiger partial charge in [-0.05, 0) is 33.1 Å². The molecule has 0 aromatic carbocycles. The molecule has 1 N–H and O–H groups in total. The molecule has 3 atom stereocenters. The zero-order valence-corrected chi connectivity index (χ0v) is 11.4. The molecule has 1 aliphatic heterocycles. The highest BCUT2D eigenvalue weighted by molar-refractivity contribution is 4.96. The van der Waals surface area contributed by atoms with Crippen LogP contribution in [0.2, 0.25) is 0 Å². The minimum absolute atomic E-state index is 0.510. The highest BCUT2D eigenvalue weighted by Gasteiger charge is 2.38. The van der Waals surface area contributed by atoms with Crippen molar-refractivity contribution in [1.82, 2.24) is 19.8 Å². The topological polar surface area (TPSA) is 33.1 Å². The van der Waals surface area contributed by atoms with Crippen molar-refractivity contribution in [2.45, 2.75) is 63.8 Å². The van der Waals surface area contributed by atoms with E-state index in [1.807, 2.05) is 18.7 Å². The third-order valence-corrected chi connectivity index (χ3v) is 4.20. The predicted octanol–water partition coefficient (Wildman–Crippen LogP) is 1.49. The van der Waals surface area contributed by atoms with Crippen molar-refractivity contribution in [2.24, 2.45) is 0 Å². The summed E-state index contributed by atoms with van der Waals surface area (Å²) >= 11 is 0. The number of nitrogens with one attached hydrogen (secondary N) is 1. The number of hydrogen-bond donors (Lipinski definition) is 1.